The van der Waals surface area contributed by atoms with Gasteiger partial charge < -0.3 is 29.7 Å². The molecule has 9 nitrogen and oxygen atoms in total. The van der Waals surface area contributed by atoms with Crippen molar-refractivity contribution in [2.75, 3.05) is 37.5 Å². The van der Waals surface area contributed by atoms with Gasteiger partial charge in [0, 0.05) is 59.8 Å². The number of pyridine rings is 1. The van der Waals surface area contributed by atoms with E-state index >= 15 is 0 Å². The van der Waals surface area contributed by atoms with E-state index in [2.05, 4.69) is 22.2 Å². The van der Waals surface area contributed by atoms with Crippen LogP contribution in [0.25, 0.3) is 10.9 Å². The van der Waals surface area contributed by atoms with Crippen LogP contribution < -0.4 is 29.7 Å². The van der Waals surface area contributed by atoms with E-state index in [-0.39, 0.29) is 23.2 Å². The molecule has 4 aromatic rings. The fourth-order valence-electron chi connectivity index (χ4n) is 5.21. The van der Waals surface area contributed by atoms with E-state index in [4.69, 9.17) is 14.2 Å². The molecule has 45 heavy (non-hydrogen) atoms. The summed E-state index contributed by atoms with van der Waals surface area (Å²) >= 11 is 0. The van der Waals surface area contributed by atoms with Gasteiger partial charge in [-0.25, -0.2) is 0 Å². The van der Waals surface area contributed by atoms with Crippen molar-refractivity contribution in [3.8, 4) is 23.0 Å². The number of aromatic nitrogens is 1. The summed E-state index contributed by atoms with van der Waals surface area (Å²) in [4.78, 5) is 30.7. The summed E-state index contributed by atoms with van der Waals surface area (Å²) in [5.41, 5.74) is -0.121. The van der Waals surface area contributed by atoms with E-state index in [1.807, 2.05) is 0 Å². The lowest BCUT2D eigenvalue weighted by molar-refractivity contribution is -0.137. The lowest BCUT2D eigenvalue weighted by Gasteiger charge is -2.35. The van der Waals surface area contributed by atoms with Gasteiger partial charge in [0.05, 0.1) is 25.3 Å². The molecule has 5 rings (SSSR count). The number of carbonyl (C=O) groups is 2. The summed E-state index contributed by atoms with van der Waals surface area (Å²) in [6.07, 6.45) is -0.976. The molecular weight excluding hydrogens is 589 g/mol. The van der Waals surface area contributed by atoms with Crippen LogP contribution in [0.1, 0.15) is 28.8 Å². The van der Waals surface area contributed by atoms with Crippen LogP contribution in [-0.2, 0) is 11.0 Å². The number of anilines is 2. The van der Waals surface area contributed by atoms with Crippen LogP contribution in [-0.4, -0.2) is 50.1 Å². The Kier molecular flexibility index (Phi) is 9.12. The highest BCUT2D eigenvalue weighted by Gasteiger charge is 2.36. The Bertz CT molecular complexity index is 1740. The number of carbonyl (C=O) groups excluding carboxylic acids is 2. The number of piperidine rings is 1. The van der Waals surface area contributed by atoms with Crippen LogP contribution in [0.15, 0.2) is 79.5 Å². The minimum Gasteiger partial charge on any atom is -0.493 e. The average molecular weight is 621 g/mol. The monoisotopic (exact) mass is 620 g/mol. The molecule has 0 atom stereocenters. The molecule has 234 valence electrons. The second-order valence-electron chi connectivity index (χ2n) is 10.3. The molecular formula is C33H31F3N4O5. The molecule has 1 fully saturated rings. The van der Waals surface area contributed by atoms with Gasteiger partial charge in [-0.15, -0.1) is 0 Å². The number of nitrogens with one attached hydrogen (secondary N) is 2. The number of halogens is 3. The highest BCUT2D eigenvalue weighted by atomic mass is 19.4. The Labute approximate surface area is 257 Å². The summed E-state index contributed by atoms with van der Waals surface area (Å²) in [5, 5.41) is 6.11. The first-order valence-electron chi connectivity index (χ1n) is 14.1. The fraction of sp³-hybridized carbons (Fsp3) is 0.242. The van der Waals surface area contributed by atoms with Crippen LogP contribution in [0.3, 0.4) is 0 Å². The van der Waals surface area contributed by atoms with Crippen molar-refractivity contribution in [1.29, 1.82) is 0 Å². The molecule has 1 saturated heterocycles. The summed E-state index contributed by atoms with van der Waals surface area (Å²) in [5.74, 6) is 0.844. The normalized spacial score (nSPS) is 13.7. The first-order valence-corrected chi connectivity index (χ1v) is 14.1. The molecule has 2 heterocycles. The Morgan fingerprint density at radius 2 is 1.71 bits per heavy atom. The highest BCUT2D eigenvalue weighted by Crippen LogP contribution is 2.39. The predicted molar refractivity (Wildman–Crippen MR) is 164 cm³/mol. The lowest BCUT2D eigenvalue weighted by atomic mass is 10.0. The van der Waals surface area contributed by atoms with Crippen molar-refractivity contribution < 1.29 is 37.0 Å². The van der Waals surface area contributed by atoms with Crippen LogP contribution >= 0.6 is 0 Å². The first-order chi connectivity index (χ1) is 21.6. The molecule has 0 spiro atoms. The van der Waals surface area contributed by atoms with Gasteiger partial charge in [0.25, 0.3) is 5.91 Å². The summed E-state index contributed by atoms with van der Waals surface area (Å²) < 4.78 is 59.4. The van der Waals surface area contributed by atoms with E-state index in [9.17, 15) is 22.8 Å². The van der Waals surface area contributed by atoms with Crippen LogP contribution in [0.4, 0.5) is 24.5 Å². The number of benzene rings is 3. The smallest absolute Gasteiger partial charge is 0.418 e. The number of hydrogen-bond donors (Lipinski definition) is 2. The van der Waals surface area contributed by atoms with Gasteiger partial charge in [-0.2, -0.15) is 13.2 Å². The van der Waals surface area contributed by atoms with E-state index in [1.54, 1.807) is 53.6 Å². The van der Waals surface area contributed by atoms with Gasteiger partial charge in [0.2, 0.25) is 5.91 Å². The number of ether oxygens (including phenoxy) is 3. The minimum absolute atomic E-state index is 0.0122. The van der Waals surface area contributed by atoms with E-state index in [0.717, 1.165) is 6.07 Å². The van der Waals surface area contributed by atoms with Gasteiger partial charge in [-0.3, -0.25) is 14.6 Å². The largest absolute Gasteiger partial charge is 0.493 e. The van der Waals surface area contributed by atoms with Gasteiger partial charge in [0.15, 0.2) is 11.5 Å². The highest BCUT2D eigenvalue weighted by molar-refractivity contribution is 6.04. The Balaban J connectivity index is 1.33. The third-order valence-electron chi connectivity index (χ3n) is 7.46. The fourth-order valence-corrected chi connectivity index (χ4v) is 5.21. The maximum atomic E-state index is 14.2. The molecule has 1 aliphatic rings. The van der Waals surface area contributed by atoms with Gasteiger partial charge >= 0.3 is 6.18 Å². The zero-order valence-corrected chi connectivity index (χ0v) is 24.6. The molecule has 1 aliphatic heterocycles. The Hall–Kier alpha value is -5.26. The maximum Gasteiger partial charge on any atom is 0.418 e. The number of hydrogen-bond acceptors (Lipinski definition) is 7. The number of rotatable bonds is 9. The zero-order valence-electron chi connectivity index (χ0n) is 24.6. The zero-order chi connectivity index (χ0) is 32.1. The summed E-state index contributed by atoms with van der Waals surface area (Å²) in [7, 11) is 3.05. The second-order valence-corrected chi connectivity index (χ2v) is 10.3. The van der Waals surface area contributed by atoms with Gasteiger partial charge in [0.1, 0.15) is 11.5 Å². The predicted octanol–water partition coefficient (Wildman–Crippen LogP) is 6.59. The lowest BCUT2D eigenvalue weighted by Crippen LogP contribution is -2.44. The quantitative estimate of drug-likeness (QED) is 0.204. The molecule has 2 N–H and O–H groups in total. The van der Waals surface area contributed by atoms with E-state index in [0.29, 0.717) is 65.5 Å². The van der Waals surface area contributed by atoms with E-state index < -0.39 is 17.6 Å². The number of methoxy groups -OCH3 is 2. The molecule has 0 radical (unpaired) electrons. The van der Waals surface area contributed by atoms with Crippen molar-refractivity contribution in [3.05, 3.63) is 90.6 Å². The molecule has 3 aromatic carbocycles. The Morgan fingerprint density at radius 3 is 2.40 bits per heavy atom. The molecule has 2 amide bonds. The van der Waals surface area contributed by atoms with E-state index in [1.165, 1.54) is 32.4 Å². The molecule has 1 aromatic heterocycles. The average Bonchev–Trinajstić information content (AvgIpc) is 3.04. The number of fused-ring (bicyclic) bond motifs is 1. The van der Waals surface area contributed by atoms with Crippen molar-refractivity contribution in [2.45, 2.75) is 25.1 Å². The van der Waals surface area contributed by atoms with Crippen molar-refractivity contribution in [1.82, 2.24) is 10.3 Å². The van der Waals surface area contributed by atoms with Crippen molar-refractivity contribution in [2.24, 2.45) is 0 Å². The summed E-state index contributed by atoms with van der Waals surface area (Å²) in [6, 6.07) is 15.1. The van der Waals surface area contributed by atoms with Gasteiger partial charge in [-0.05, 0) is 61.4 Å². The third kappa shape index (κ3) is 7.11. The van der Waals surface area contributed by atoms with Crippen molar-refractivity contribution >= 4 is 34.1 Å². The number of nitrogens with zero attached hydrogens (tertiary/aromatic N) is 2. The SMILES string of the molecule is C=CC(=O)NC1CCN(c2ccc(C(=O)Nc3cccc(Oc4ccnc5cc(OC)c(OC)cc45)c3)cc2C(F)(F)F)CC1. The molecule has 12 heteroatoms. The topological polar surface area (TPSA) is 102 Å². The molecule has 0 bridgehead atoms. The van der Waals surface area contributed by atoms with Gasteiger partial charge in [-0.1, -0.05) is 12.6 Å². The Morgan fingerprint density at radius 1 is 0.978 bits per heavy atom. The third-order valence-corrected chi connectivity index (χ3v) is 7.46. The van der Waals surface area contributed by atoms with Crippen LogP contribution in [0, 0.1) is 0 Å². The second kappa shape index (κ2) is 13.2. The number of alkyl halides is 3. The molecule has 0 aliphatic carbocycles. The van der Waals surface area contributed by atoms with Crippen molar-refractivity contribution in [3.63, 3.8) is 0 Å². The molecule has 0 unspecified atom stereocenters. The standard InChI is InChI=1S/C33H31F3N4O5/c1-4-31(41)38-21-11-14-40(15-12-21)27-9-8-20(16-25(27)33(34,35)36)32(42)39-22-6-5-7-23(17-22)45-28-10-13-37-26-19-30(44-3)29(43-2)18-24(26)28/h4-10,13,16-19,21H,1,11-12,14-15H2,2-3H3,(H,38,41)(H,39,42). The maximum absolute atomic E-state index is 14.2. The van der Waals surface area contributed by atoms with Crippen LogP contribution in [0.5, 0.6) is 23.0 Å². The molecule has 0 saturated carbocycles. The minimum atomic E-state index is -4.69. The van der Waals surface area contributed by atoms with Crippen LogP contribution in [0.2, 0.25) is 0 Å². The number of amides is 2. The summed E-state index contributed by atoms with van der Waals surface area (Å²) in [6.45, 7) is 4.05. The first kappa shape index (κ1) is 31.2.